The Balaban J connectivity index is 1.42. The van der Waals surface area contributed by atoms with Crippen LogP contribution in [0.2, 0.25) is 0 Å². The third kappa shape index (κ3) is 4.81. The molecule has 1 saturated heterocycles. The largest absolute Gasteiger partial charge is 0.489 e. The average molecular weight is 353 g/mol. The van der Waals surface area contributed by atoms with E-state index in [0.717, 1.165) is 24.3 Å². The molecule has 2 amide bonds. The van der Waals surface area contributed by atoms with E-state index in [0.29, 0.717) is 18.7 Å². The SMILES string of the molecule is Cc1ccc(OC2CCN(C(=O)CNC(=O)c3ccccc3)CC2)cn1. The molecular weight excluding hydrogens is 330 g/mol. The normalized spacial score (nSPS) is 14.7. The first kappa shape index (κ1) is 17.9. The lowest BCUT2D eigenvalue weighted by Crippen LogP contribution is -2.46. The summed E-state index contributed by atoms with van der Waals surface area (Å²) in [4.78, 5) is 30.3. The van der Waals surface area contributed by atoms with Gasteiger partial charge >= 0.3 is 0 Å². The highest BCUT2D eigenvalue weighted by atomic mass is 16.5. The zero-order chi connectivity index (χ0) is 18.4. The molecule has 1 aromatic carbocycles. The van der Waals surface area contributed by atoms with Crippen molar-refractivity contribution >= 4 is 11.8 Å². The number of hydrogen-bond donors (Lipinski definition) is 1. The highest BCUT2D eigenvalue weighted by molar-refractivity contribution is 5.96. The van der Waals surface area contributed by atoms with Gasteiger partial charge in [-0.2, -0.15) is 0 Å². The molecule has 0 aliphatic carbocycles. The first-order chi connectivity index (χ1) is 12.6. The molecule has 0 bridgehead atoms. The van der Waals surface area contributed by atoms with Crippen molar-refractivity contribution in [1.29, 1.82) is 0 Å². The minimum absolute atomic E-state index is 0.0150. The second-order valence-corrected chi connectivity index (χ2v) is 6.38. The first-order valence-corrected chi connectivity index (χ1v) is 8.82. The van der Waals surface area contributed by atoms with E-state index < -0.39 is 0 Å². The fourth-order valence-electron chi connectivity index (χ4n) is 2.90. The van der Waals surface area contributed by atoms with Crippen LogP contribution in [-0.2, 0) is 4.79 Å². The van der Waals surface area contributed by atoms with Gasteiger partial charge in [0.1, 0.15) is 11.9 Å². The minimum atomic E-state index is -0.232. The summed E-state index contributed by atoms with van der Waals surface area (Å²) in [5, 5.41) is 2.68. The van der Waals surface area contributed by atoms with Crippen molar-refractivity contribution in [1.82, 2.24) is 15.2 Å². The lowest BCUT2D eigenvalue weighted by Gasteiger charge is -2.32. The van der Waals surface area contributed by atoms with Gasteiger partial charge in [0.05, 0.1) is 12.7 Å². The maximum Gasteiger partial charge on any atom is 0.251 e. The summed E-state index contributed by atoms with van der Waals surface area (Å²) < 4.78 is 5.92. The molecule has 1 aliphatic heterocycles. The van der Waals surface area contributed by atoms with Crippen LogP contribution in [-0.4, -0.2) is 47.4 Å². The standard InChI is InChI=1S/C20H23N3O3/c1-15-7-8-18(13-21-15)26-17-9-11-23(12-10-17)19(24)14-22-20(25)16-5-3-2-4-6-16/h2-8,13,17H,9-12,14H2,1H3,(H,22,25). The molecule has 3 rings (SSSR count). The Bertz CT molecular complexity index is 739. The van der Waals surface area contributed by atoms with Gasteiger partial charge in [0, 0.05) is 37.2 Å². The van der Waals surface area contributed by atoms with Crippen LogP contribution in [0.4, 0.5) is 0 Å². The summed E-state index contributed by atoms with van der Waals surface area (Å²) in [6.45, 7) is 3.21. The molecule has 0 radical (unpaired) electrons. The number of nitrogens with zero attached hydrogens (tertiary/aromatic N) is 2. The summed E-state index contributed by atoms with van der Waals surface area (Å²) >= 11 is 0. The summed E-state index contributed by atoms with van der Waals surface area (Å²) in [5.41, 5.74) is 1.51. The van der Waals surface area contributed by atoms with Crippen LogP contribution in [0.1, 0.15) is 28.9 Å². The van der Waals surface area contributed by atoms with Crippen molar-refractivity contribution in [2.75, 3.05) is 19.6 Å². The number of piperidine rings is 1. The third-order valence-corrected chi connectivity index (χ3v) is 4.42. The maximum absolute atomic E-state index is 12.3. The van der Waals surface area contributed by atoms with Crippen molar-refractivity contribution in [2.24, 2.45) is 0 Å². The number of benzene rings is 1. The topological polar surface area (TPSA) is 71.5 Å². The zero-order valence-electron chi connectivity index (χ0n) is 14.9. The van der Waals surface area contributed by atoms with Gasteiger partial charge in [0.25, 0.3) is 5.91 Å². The maximum atomic E-state index is 12.3. The average Bonchev–Trinajstić information content (AvgIpc) is 2.69. The van der Waals surface area contributed by atoms with Crippen molar-refractivity contribution in [3.63, 3.8) is 0 Å². The van der Waals surface area contributed by atoms with Crippen molar-refractivity contribution in [3.8, 4) is 5.75 Å². The van der Waals surface area contributed by atoms with Gasteiger partial charge in [-0.3, -0.25) is 14.6 Å². The highest BCUT2D eigenvalue weighted by Crippen LogP contribution is 2.18. The second-order valence-electron chi connectivity index (χ2n) is 6.38. The Labute approximate surface area is 153 Å². The van der Waals surface area contributed by atoms with Crippen LogP contribution in [0, 0.1) is 6.92 Å². The molecule has 0 saturated carbocycles. The van der Waals surface area contributed by atoms with E-state index in [2.05, 4.69) is 10.3 Å². The number of nitrogens with one attached hydrogen (secondary N) is 1. The number of ether oxygens (including phenoxy) is 1. The number of hydrogen-bond acceptors (Lipinski definition) is 4. The quantitative estimate of drug-likeness (QED) is 0.894. The molecule has 6 nitrogen and oxygen atoms in total. The number of amides is 2. The van der Waals surface area contributed by atoms with E-state index in [1.54, 1.807) is 35.4 Å². The first-order valence-electron chi connectivity index (χ1n) is 8.82. The van der Waals surface area contributed by atoms with Crippen LogP contribution in [0.3, 0.4) is 0 Å². The third-order valence-electron chi connectivity index (χ3n) is 4.42. The van der Waals surface area contributed by atoms with E-state index in [1.807, 2.05) is 25.1 Å². The van der Waals surface area contributed by atoms with Crippen LogP contribution >= 0.6 is 0 Å². The van der Waals surface area contributed by atoms with Gasteiger partial charge in [-0.15, -0.1) is 0 Å². The smallest absolute Gasteiger partial charge is 0.251 e. The lowest BCUT2D eigenvalue weighted by molar-refractivity contribution is -0.131. The monoisotopic (exact) mass is 353 g/mol. The van der Waals surface area contributed by atoms with Gasteiger partial charge in [-0.1, -0.05) is 18.2 Å². The lowest BCUT2D eigenvalue weighted by atomic mass is 10.1. The predicted octanol–water partition coefficient (Wildman–Crippen LogP) is 2.19. The number of carbonyl (C=O) groups is 2. The van der Waals surface area contributed by atoms with E-state index in [-0.39, 0.29) is 24.5 Å². The number of likely N-dealkylation sites (tertiary alicyclic amines) is 1. The Morgan fingerprint density at radius 2 is 1.88 bits per heavy atom. The van der Waals surface area contributed by atoms with Crippen molar-refractivity contribution in [2.45, 2.75) is 25.9 Å². The molecule has 136 valence electrons. The fourth-order valence-corrected chi connectivity index (χ4v) is 2.90. The number of aromatic nitrogens is 1. The van der Waals surface area contributed by atoms with Gasteiger partial charge < -0.3 is 15.0 Å². The molecule has 26 heavy (non-hydrogen) atoms. The van der Waals surface area contributed by atoms with Crippen molar-refractivity contribution < 1.29 is 14.3 Å². The molecule has 0 unspecified atom stereocenters. The number of pyridine rings is 1. The Kier molecular flexibility index (Phi) is 5.84. The number of aryl methyl sites for hydroxylation is 1. The Hall–Kier alpha value is -2.89. The van der Waals surface area contributed by atoms with Crippen LogP contribution in [0.5, 0.6) is 5.75 Å². The van der Waals surface area contributed by atoms with E-state index >= 15 is 0 Å². The highest BCUT2D eigenvalue weighted by Gasteiger charge is 2.24. The molecule has 0 spiro atoms. The Morgan fingerprint density at radius 3 is 2.54 bits per heavy atom. The fraction of sp³-hybridized carbons (Fsp3) is 0.350. The molecular formula is C20H23N3O3. The zero-order valence-corrected chi connectivity index (χ0v) is 14.9. The van der Waals surface area contributed by atoms with E-state index in [1.165, 1.54) is 0 Å². The van der Waals surface area contributed by atoms with Crippen LogP contribution in [0.25, 0.3) is 0 Å². The predicted molar refractivity (Wildman–Crippen MR) is 98.0 cm³/mol. The molecule has 2 heterocycles. The molecule has 2 aromatic rings. The van der Waals surface area contributed by atoms with Gasteiger partial charge in [-0.05, 0) is 31.2 Å². The minimum Gasteiger partial charge on any atom is -0.489 e. The van der Waals surface area contributed by atoms with Crippen LogP contribution < -0.4 is 10.1 Å². The van der Waals surface area contributed by atoms with Gasteiger partial charge in [0.15, 0.2) is 0 Å². The van der Waals surface area contributed by atoms with Gasteiger partial charge in [-0.25, -0.2) is 0 Å². The summed E-state index contributed by atoms with van der Waals surface area (Å²) in [6.07, 6.45) is 3.35. The Morgan fingerprint density at radius 1 is 1.15 bits per heavy atom. The second kappa shape index (κ2) is 8.47. The summed E-state index contributed by atoms with van der Waals surface area (Å²) in [6, 6.07) is 12.7. The van der Waals surface area contributed by atoms with Crippen LogP contribution in [0.15, 0.2) is 48.7 Å². The van der Waals surface area contributed by atoms with Gasteiger partial charge in [0.2, 0.25) is 5.91 Å². The van der Waals surface area contributed by atoms with E-state index in [4.69, 9.17) is 4.74 Å². The number of rotatable bonds is 5. The molecule has 6 heteroatoms. The summed E-state index contributed by atoms with van der Waals surface area (Å²) in [5.74, 6) is 0.462. The molecule has 1 fully saturated rings. The molecule has 1 aromatic heterocycles. The summed E-state index contributed by atoms with van der Waals surface area (Å²) in [7, 11) is 0. The number of carbonyl (C=O) groups excluding carboxylic acids is 2. The molecule has 1 aliphatic rings. The molecule has 0 atom stereocenters. The van der Waals surface area contributed by atoms with Crippen molar-refractivity contribution in [3.05, 3.63) is 59.9 Å². The van der Waals surface area contributed by atoms with E-state index in [9.17, 15) is 9.59 Å². The molecule has 1 N–H and O–H groups in total.